The molecule has 0 bridgehead atoms. The monoisotopic (exact) mass is 170 g/mol. The minimum Gasteiger partial charge on any atom is -0.481 e. The third kappa shape index (κ3) is 1.69. The van der Waals surface area contributed by atoms with Crippen molar-refractivity contribution in [2.75, 3.05) is 13.6 Å². The zero-order chi connectivity index (χ0) is 9.14. The summed E-state index contributed by atoms with van der Waals surface area (Å²) in [6.45, 7) is 2.86. The van der Waals surface area contributed by atoms with Crippen molar-refractivity contribution in [3.63, 3.8) is 0 Å². The summed E-state index contributed by atoms with van der Waals surface area (Å²) in [5.74, 6) is -0.756. The molecule has 1 N–H and O–H groups in total. The van der Waals surface area contributed by atoms with E-state index in [-0.39, 0.29) is 12.6 Å². The molecule has 12 heavy (non-hydrogen) atoms. The molecule has 0 aromatic carbocycles. The molecule has 1 rings (SSSR count). The first kappa shape index (κ1) is 8.90. The molecule has 1 aliphatic heterocycles. The molecule has 0 aliphatic carbocycles. The van der Waals surface area contributed by atoms with E-state index < -0.39 is 5.97 Å². The molecular formula is C8H14N2O2. The second kappa shape index (κ2) is 3.47. The maximum Gasteiger partial charge on any atom is 0.307 e. The number of carboxylic acids is 1. The molecule has 1 aliphatic rings. The Bertz CT molecular complexity index is 203. The SMILES string of the molecule is CCN1C=CN(C)C1CC(=O)O. The third-order valence-corrected chi connectivity index (χ3v) is 2.07. The number of carboxylic acid groups (broad SMARTS) is 1. The van der Waals surface area contributed by atoms with Crippen LogP contribution in [0.5, 0.6) is 0 Å². The molecule has 68 valence electrons. The highest BCUT2D eigenvalue weighted by atomic mass is 16.4. The standard InChI is InChI=1S/C8H14N2O2/c1-3-10-5-4-9(2)7(10)6-8(11)12/h4-5,7H,3,6H2,1-2H3,(H,11,12). The van der Waals surface area contributed by atoms with E-state index in [1.807, 2.05) is 36.2 Å². The van der Waals surface area contributed by atoms with Crippen LogP contribution in [0.3, 0.4) is 0 Å². The summed E-state index contributed by atoms with van der Waals surface area (Å²) in [7, 11) is 1.89. The number of carbonyl (C=O) groups is 1. The Morgan fingerprint density at radius 2 is 2.25 bits per heavy atom. The molecule has 1 atom stereocenters. The topological polar surface area (TPSA) is 43.8 Å². The van der Waals surface area contributed by atoms with E-state index in [9.17, 15) is 4.79 Å². The molecule has 0 spiro atoms. The van der Waals surface area contributed by atoms with Gasteiger partial charge in [0, 0.05) is 26.0 Å². The fourth-order valence-electron chi connectivity index (χ4n) is 1.36. The van der Waals surface area contributed by atoms with Crippen LogP contribution in [-0.2, 0) is 4.79 Å². The van der Waals surface area contributed by atoms with Crippen LogP contribution in [0.1, 0.15) is 13.3 Å². The van der Waals surface area contributed by atoms with Crippen molar-refractivity contribution >= 4 is 5.97 Å². The molecule has 0 aromatic rings. The fraction of sp³-hybridized carbons (Fsp3) is 0.625. The molecule has 1 unspecified atom stereocenters. The average Bonchev–Trinajstić information content (AvgIpc) is 2.32. The number of rotatable bonds is 3. The van der Waals surface area contributed by atoms with Gasteiger partial charge < -0.3 is 14.9 Å². The van der Waals surface area contributed by atoms with Crippen molar-refractivity contribution in [3.05, 3.63) is 12.4 Å². The van der Waals surface area contributed by atoms with Crippen molar-refractivity contribution in [3.8, 4) is 0 Å². The lowest BCUT2D eigenvalue weighted by Crippen LogP contribution is -2.38. The van der Waals surface area contributed by atoms with Gasteiger partial charge in [-0.2, -0.15) is 0 Å². The molecule has 0 fully saturated rings. The zero-order valence-electron chi connectivity index (χ0n) is 7.40. The van der Waals surface area contributed by atoms with Crippen LogP contribution in [-0.4, -0.2) is 40.6 Å². The van der Waals surface area contributed by atoms with Gasteiger partial charge in [-0.3, -0.25) is 4.79 Å². The Morgan fingerprint density at radius 3 is 2.75 bits per heavy atom. The third-order valence-electron chi connectivity index (χ3n) is 2.07. The van der Waals surface area contributed by atoms with Gasteiger partial charge >= 0.3 is 5.97 Å². The second-order valence-electron chi connectivity index (χ2n) is 2.87. The van der Waals surface area contributed by atoms with E-state index in [1.54, 1.807) is 0 Å². The molecule has 0 radical (unpaired) electrons. The molecule has 0 saturated carbocycles. The zero-order valence-corrected chi connectivity index (χ0v) is 7.40. The first-order valence-electron chi connectivity index (χ1n) is 4.03. The van der Waals surface area contributed by atoms with Gasteiger partial charge in [0.1, 0.15) is 6.17 Å². The van der Waals surface area contributed by atoms with E-state index in [1.165, 1.54) is 0 Å². The predicted octanol–water partition coefficient (Wildman–Crippen LogP) is 0.526. The Kier molecular flexibility index (Phi) is 2.58. The van der Waals surface area contributed by atoms with Gasteiger partial charge in [0.25, 0.3) is 0 Å². The second-order valence-corrected chi connectivity index (χ2v) is 2.87. The van der Waals surface area contributed by atoms with E-state index in [4.69, 9.17) is 5.11 Å². The maximum absolute atomic E-state index is 10.5. The van der Waals surface area contributed by atoms with Crippen molar-refractivity contribution < 1.29 is 9.90 Å². The van der Waals surface area contributed by atoms with Crippen molar-refractivity contribution in [2.45, 2.75) is 19.5 Å². The Morgan fingerprint density at radius 1 is 1.58 bits per heavy atom. The highest BCUT2D eigenvalue weighted by molar-refractivity contribution is 5.67. The lowest BCUT2D eigenvalue weighted by atomic mass is 10.3. The average molecular weight is 170 g/mol. The minimum atomic E-state index is -0.756. The van der Waals surface area contributed by atoms with Gasteiger partial charge in [-0.1, -0.05) is 0 Å². The Hall–Kier alpha value is -1.19. The lowest BCUT2D eigenvalue weighted by Gasteiger charge is -2.27. The quantitative estimate of drug-likeness (QED) is 0.671. The van der Waals surface area contributed by atoms with Crippen LogP contribution in [0.2, 0.25) is 0 Å². The normalized spacial score (nSPS) is 22.0. The smallest absolute Gasteiger partial charge is 0.307 e. The van der Waals surface area contributed by atoms with E-state index in [2.05, 4.69) is 0 Å². The van der Waals surface area contributed by atoms with Crippen LogP contribution >= 0.6 is 0 Å². The van der Waals surface area contributed by atoms with Gasteiger partial charge in [-0.05, 0) is 6.92 Å². The molecule has 0 amide bonds. The first-order valence-corrected chi connectivity index (χ1v) is 4.03. The fourth-order valence-corrected chi connectivity index (χ4v) is 1.36. The van der Waals surface area contributed by atoms with E-state index in [0.717, 1.165) is 6.54 Å². The Balaban J connectivity index is 2.55. The van der Waals surface area contributed by atoms with E-state index in [0.29, 0.717) is 0 Å². The Labute approximate surface area is 72.1 Å². The molecular weight excluding hydrogens is 156 g/mol. The van der Waals surface area contributed by atoms with Gasteiger partial charge in [0.15, 0.2) is 0 Å². The minimum absolute atomic E-state index is 0.00694. The number of hydrogen-bond acceptors (Lipinski definition) is 3. The summed E-state index contributed by atoms with van der Waals surface area (Å²) in [5.41, 5.74) is 0. The van der Waals surface area contributed by atoms with Crippen molar-refractivity contribution in [1.82, 2.24) is 9.80 Å². The first-order chi connectivity index (χ1) is 5.65. The summed E-state index contributed by atoms with van der Waals surface area (Å²) in [5, 5.41) is 8.62. The summed E-state index contributed by atoms with van der Waals surface area (Å²) in [6, 6.07) is 0. The largest absolute Gasteiger partial charge is 0.481 e. The molecule has 0 saturated heterocycles. The summed E-state index contributed by atoms with van der Waals surface area (Å²) in [6.07, 6.45) is 3.98. The van der Waals surface area contributed by atoms with Gasteiger partial charge in [-0.15, -0.1) is 0 Å². The van der Waals surface area contributed by atoms with Gasteiger partial charge in [0.05, 0.1) is 6.42 Å². The molecule has 4 heteroatoms. The van der Waals surface area contributed by atoms with Crippen LogP contribution in [0.25, 0.3) is 0 Å². The number of aliphatic carboxylic acids is 1. The van der Waals surface area contributed by atoms with Crippen LogP contribution in [0.4, 0.5) is 0 Å². The maximum atomic E-state index is 10.5. The van der Waals surface area contributed by atoms with Gasteiger partial charge in [0.2, 0.25) is 0 Å². The number of nitrogens with zero attached hydrogens (tertiary/aromatic N) is 2. The highest BCUT2D eigenvalue weighted by Crippen LogP contribution is 2.15. The van der Waals surface area contributed by atoms with Crippen molar-refractivity contribution in [2.24, 2.45) is 0 Å². The summed E-state index contributed by atoms with van der Waals surface area (Å²) < 4.78 is 0. The molecule has 0 aromatic heterocycles. The summed E-state index contributed by atoms with van der Waals surface area (Å²) in [4.78, 5) is 14.4. The van der Waals surface area contributed by atoms with Crippen LogP contribution in [0, 0.1) is 0 Å². The van der Waals surface area contributed by atoms with Crippen LogP contribution < -0.4 is 0 Å². The molecule has 1 heterocycles. The van der Waals surface area contributed by atoms with E-state index >= 15 is 0 Å². The van der Waals surface area contributed by atoms with Gasteiger partial charge in [-0.25, -0.2) is 0 Å². The predicted molar refractivity (Wildman–Crippen MR) is 45.3 cm³/mol. The highest BCUT2D eigenvalue weighted by Gasteiger charge is 2.24. The van der Waals surface area contributed by atoms with Crippen molar-refractivity contribution in [1.29, 1.82) is 0 Å². The molecule has 4 nitrogen and oxygen atoms in total. The lowest BCUT2D eigenvalue weighted by molar-refractivity contribution is -0.139. The summed E-state index contributed by atoms with van der Waals surface area (Å²) >= 11 is 0. The van der Waals surface area contributed by atoms with Crippen LogP contribution in [0.15, 0.2) is 12.4 Å². The number of hydrogen-bond donors (Lipinski definition) is 1.